The number of hydrogen-bond acceptors (Lipinski definition) is 3. The van der Waals surface area contributed by atoms with Crippen LogP contribution < -0.4 is 5.32 Å². The minimum atomic E-state index is 0.0127. The average molecular weight is 379 g/mol. The van der Waals surface area contributed by atoms with E-state index in [-0.39, 0.29) is 11.9 Å². The quantitative estimate of drug-likeness (QED) is 0.801. The molecule has 0 aliphatic carbocycles. The first-order chi connectivity index (χ1) is 13.5. The highest BCUT2D eigenvalue weighted by atomic mass is 16.2. The minimum Gasteiger partial charge on any atom is -0.387 e. The number of anilines is 1. The summed E-state index contributed by atoms with van der Waals surface area (Å²) in [4.78, 5) is 23.5. The van der Waals surface area contributed by atoms with Crippen LogP contribution in [0.1, 0.15) is 58.3 Å². The molecule has 28 heavy (non-hydrogen) atoms. The Morgan fingerprint density at radius 2 is 1.96 bits per heavy atom. The number of likely N-dealkylation sites (tertiary alicyclic amines) is 1. The van der Waals surface area contributed by atoms with Crippen LogP contribution >= 0.6 is 0 Å². The predicted octanol–water partition coefficient (Wildman–Crippen LogP) is 4.87. The Labute approximate surface area is 167 Å². The first kappa shape index (κ1) is 19.9. The molecular formula is C23H30N4O. The highest BCUT2D eigenvalue weighted by Gasteiger charge is 2.30. The molecule has 0 radical (unpaired) electrons. The molecule has 3 rings (SSSR count). The van der Waals surface area contributed by atoms with E-state index in [1.807, 2.05) is 55.4 Å². The van der Waals surface area contributed by atoms with Gasteiger partial charge in [-0.15, -0.1) is 0 Å². The van der Waals surface area contributed by atoms with Gasteiger partial charge in [0.15, 0.2) is 0 Å². The van der Waals surface area contributed by atoms with Gasteiger partial charge in [-0.2, -0.15) is 0 Å². The Hall–Kier alpha value is -2.82. The number of aromatic amines is 1. The maximum atomic E-state index is 13.4. The molecule has 0 spiro atoms. The van der Waals surface area contributed by atoms with E-state index in [1.165, 1.54) is 0 Å². The molecular weight excluding hydrogens is 348 g/mol. The molecule has 2 N–H and O–H groups in total. The summed E-state index contributed by atoms with van der Waals surface area (Å²) < 4.78 is 0. The number of carbonyl (C=O) groups is 1. The lowest BCUT2D eigenvalue weighted by Gasteiger charge is -2.36. The zero-order valence-electron chi connectivity index (χ0n) is 17.2. The number of carbonyl (C=O) groups excluding carboxylic acids is 1. The molecule has 5 nitrogen and oxygen atoms in total. The van der Waals surface area contributed by atoms with Crippen LogP contribution in [0, 0.1) is 20.8 Å². The van der Waals surface area contributed by atoms with Crippen molar-refractivity contribution in [3.63, 3.8) is 0 Å². The van der Waals surface area contributed by atoms with Crippen LogP contribution in [0.15, 0.2) is 42.6 Å². The fourth-order valence-electron chi connectivity index (χ4n) is 3.79. The highest BCUT2D eigenvalue weighted by molar-refractivity contribution is 5.99. The van der Waals surface area contributed by atoms with Crippen molar-refractivity contribution in [1.29, 1.82) is 0 Å². The van der Waals surface area contributed by atoms with Gasteiger partial charge in [0.1, 0.15) is 0 Å². The van der Waals surface area contributed by atoms with Gasteiger partial charge in [0.2, 0.25) is 0 Å². The number of piperidine rings is 1. The molecule has 148 valence electrons. The average Bonchev–Trinajstić information content (AvgIpc) is 2.77. The molecule has 1 aromatic heterocycles. The summed E-state index contributed by atoms with van der Waals surface area (Å²) in [6, 6.07) is 11.8. The summed E-state index contributed by atoms with van der Waals surface area (Å²) in [5.74, 6) is 0.0711. The van der Waals surface area contributed by atoms with Crippen molar-refractivity contribution in [1.82, 2.24) is 14.9 Å². The van der Waals surface area contributed by atoms with Gasteiger partial charge >= 0.3 is 0 Å². The van der Waals surface area contributed by atoms with Crippen molar-refractivity contribution >= 4 is 11.6 Å². The van der Waals surface area contributed by atoms with Crippen LogP contribution in [0.4, 0.5) is 5.69 Å². The van der Waals surface area contributed by atoms with Gasteiger partial charge in [0, 0.05) is 42.6 Å². The molecule has 1 saturated heterocycles. The Morgan fingerprint density at radius 1 is 1.18 bits per heavy atom. The number of para-hydroxylation sites is 1. The van der Waals surface area contributed by atoms with E-state index in [0.29, 0.717) is 0 Å². The lowest BCUT2D eigenvalue weighted by Crippen LogP contribution is -2.39. The van der Waals surface area contributed by atoms with Crippen molar-refractivity contribution in [2.45, 2.75) is 46.1 Å². The van der Waals surface area contributed by atoms with Crippen molar-refractivity contribution in [2.24, 2.45) is 0 Å². The van der Waals surface area contributed by atoms with Crippen molar-refractivity contribution in [3.05, 3.63) is 70.8 Å². The summed E-state index contributed by atoms with van der Waals surface area (Å²) in [6.07, 6.45) is 4.91. The van der Waals surface area contributed by atoms with E-state index >= 15 is 0 Å². The molecule has 1 aliphatic heterocycles. The summed E-state index contributed by atoms with van der Waals surface area (Å²) in [7, 11) is 1.85. The first-order valence-electron chi connectivity index (χ1n) is 9.96. The van der Waals surface area contributed by atoms with Crippen LogP contribution in [0.25, 0.3) is 0 Å². The standard InChI is InChI=1S/C23H30N4O/c1-16-15-17(2)25-13-12-21(26-18(16)3)22-11-7-8-14-27(22)23(28)19-9-5-6-10-20(19)24-4/h5-6,9-10,12-13,15,22,24,26H,7-8,11,14H2,1-4H3/t22-/m0/s1. The van der Waals surface area contributed by atoms with Gasteiger partial charge in [-0.3, -0.25) is 9.78 Å². The van der Waals surface area contributed by atoms with Gasteiger partial charge in [0.25, 0.3) is 5.91 Å². The van der Waals surface area contributed by atoms with Crippen molar-refractivity contribution < 1.29 is 4.79 Å². The lowest BCUT2D eigenvalue weighted by molar-refractivity contribution is 0.0607. The van der Waals surface area contributed by atoms with Crippen LogP contribution in [0.3, 0.4) is 0 Å². The molecule has 1 amide bonds. The van der Waals surface area contributed by atoms with Crippen LogP contribution in [0.5, 0.6) is 0 Å². The number of aryl methyl sites for hydroxylation is 3. The SMILES string of the molecule is CNc1ccccc1C(=O)N1CCCC[C@H]1c1ccnc(C)cc(C)c(C)[nH]1. The third kappa shape index (κ3) is 4.35. The zero-order chi connectivity index (χ0) is 20.1. The van der Waals surface area contributed by atoms with E-state index in [9.17, 15) is 4.79 Å². The monoisotopic (exact) mass is 378 g/mol. The van der Waals surface area contributed by atoms with E-state index in [1.54, 1.807) is 0 Å². The number of nitrogens with zero attached hydrogens (tertiary/aromatic N) is 2. The lowest BCUT2D eigenvalue weighted by atomic mass is 9.97. The number of H-pyrrole nitrogens is 1. The van der Waals surface area contributed by atoms with Crippen molar-refractivity contribution in [2.75, 3.05) is 18.9 Å². The number of hydrogen-bond donors (Lipinski definition) is 2. The number of nitrogens with one attached hydrogen (secondary N) is 2. The Bertz CT molecular complexity index is 901. The number of rotatable bonds is 3. The Morgan fingerprint density at radius 3 is 2.75 bits per heavy atom. The third-order valence-electron chi connectivity index (χ3n) is 5.43. The van der Waals surface area contributed by atoms with Crippen LogP contribution in [0.2, 0.25) is 0 Å². The Kier molecular flexibility index (Phi) is 6.34. The molecule has 2 heterocycles. The minimum absolute atomic E-state index is 0.0127. The summed E-state index contributed by atoms with van der Waals surface area (Å²) >= 11 is 0. The summed E-state index contributed by atoms with van der Waals surface area (Å²) in [5, 5.41) is 3.14. The number of benzene rings is 1. The third-order valence-corrected chi connectivity index (χ3v) is 5.43. The van der Waals surface area contributed by atoms with Crippen LogP contribution in [-0.2, 0) is 0 Å². The normalized spacial score (nSPS) is 16.4. The maximum Gasteiger partial charge on any atom is 0.256 e. The fourth-order valence-corrected chi connectivity index (χ4v) is 3.79. The van der Waals surface area contributed by atoms with E-state index in [0.717, 1.165) is 59.7 Å². The molecule has 0 saturated carbocycles. The van der Waals surface area contributed by atoms with E-state index in [2.05, 4.69) is 35.2 Å². The second kappa shape index (κ2) is 8.91. The van der Waals surface area contributed by atoms with Crippen LogP contribution in [-0.4, -0.2) is 34.4 Å². The second-order valence-electron chi connectivity index (χ2n) is 7.42. The van der Waals surface area contributed by atoms with Gasteiger partial charge < -0.3 is 15.2 Å². The smallest absolute Gasteiger partial charge is 0.256 e. The molecule has 0 unspecified atom stereocenters. The molecule has 1 aliphatic rings. The highest BCUT2D eigenvalue weighted by Crippen LogP contribution is 2.32. The summed E-state index contributed by atoms with van der Waals surface area (Å²) in [5.41, 5.74) is 5.81. The molecule has 0 bridgehead atoms. The van der Waals surface area contributed by atoms with Gasteiger partial charge in [-0.1, -0.05) is 12.1 Å². The molecule has 1 atom stereocenters. The topological polar surface area (TPSA) is 61.0 Å². The number of amides is 1. The van der Waals surface area contributed by atoms with E-state index in [4.69, 9.17) is 0 Å². The van der Waals surface area contributed by atoms with Gasteiger partial charge in [-0.05, 0) is 69.9 Å². The largest absolute Gasteiger partial charge is 0.387 e. The Balaban J connectivity index is 2.05. The fraction of sp³-hybridized carbons (Fsp3) is 0.391. The number of aromatic nitrogens is 2. The first-order valence-corrected chi connectivity index (χ1v) is 9.96. The molecule has 5 heteroatoms. The van der Waals surface area contributed by atoms with Gasteiger partial charge in [0.05, 0.1) is 11.6 Å². The summed E-state index contributed by atoms with van der Waals surface area (Å²) in [6.45, 7) is 6.91. The molecule has 1 aromatic carbocycles. The molecule has 2 aromatic rings. The zero-order valence-corrected chi connectivity index (χ0v) is 17.2. The predicted molar refractivity (Wildman–Crippen MR) is 114 cm³/mol. The second-order valence-corrected chi connectivity index (χ2v) is 7.42. The van der Waals surface area contributed by atoms with Gasteiger partial charge in [-0.25, -0.2) is 0 Å². The van der Waals surface area contributed by atoms with E-state index < -0.39 is 0 Å². The van der Waals surface area contributed by atoms with Crippen molar-refractivity contribution in [3.8, 4) is 0 Å². The molecule has 1 fully saturated rings. The maximum absolute atomic E-state index is 13.4.